The summed E-state index contributed by atoms with van der Waals surface area (Å²) < 4.78 is 6.96. The standard InChI is InChI=1S/C22H20N6O3/c1-14-25-26-27-28(14)17-8-5-7-16(12-17)24-22(30)21(29)23-13-19-18-9-4-3-6-15(18)10-11-20(19)31-2/h3-12H,13H2,1-2H3,(H,23,29)(H,24,30). The molecule has 0 aliphatic carbocycles. The van der Waals surface area contributed by atoms with E-state index in [1.165, 1.54) is 4.68 Å². The molecule has 0 unspecified atom stereocenters. The molecule has 0 fully saturated rings. The largest absolute Gasteiger partial charge is 0.496 e. The average molecular weight is 416 g/mol. The van der Waals surface area contributed by atoms with Gasteiger partial charge in [0.05, 0.1) is 12.8 Å². The lowest BCUT2D eigenvalue weighted by atomic mass is 10.0. The molecule has 0 atom stereocenters. The summed E-state index contributed by atoms with van der Waals surface area (Å²) >= 11 is 0. The molecule has 31 heavy (non-hydrogen) atoms. The molecule has 9 nitrogen and oxygen atoms in total. The molecule has 156 valence electrons. The minimum Gasteiger partial charge on any atom is -0.496 e. The third-order valence-corrected chi connectivity index (χ3v) is 4.82. The van der Waals surface area contributed by atoms with Gasteiger partial charge in [-0.15, -0.1) is 5.10 Å². The highest BCUT2D eigenvalue weighted by Gasteiger charge is 2.16. The summed E-state index contributed by atoms with van der Waals surface area (Å²) in [4.78, 5) is 24.8. The second-order valence-electron chi connectivity index (χ2n) is 6.79. The smallest absolute Gasteiger partial charge is 0.313 e. The van der Waals surface area contributed by atoms with Crippen molar-refractivity contribution in [2.75, 3.05) is 12.4 Å². The van der Waals surface area contributed by atoms with Crippen molar-refractivity contribution in [3.05, 3.63) is 72.1 Å². The van der Waals surface area contributed by atoms with Crippen molar-refractivity contribution in [2.45, 2.75) is 13.5 Å². The van der Waals surface area contributed by atoms with Crippen LogP contribution in [0.25, 0.3) is 16.5 Å². The first-order valence-corrected chi connectivity index (χ1v) is 9.56. The minimum atomic E-state index is -0.773. The van der Waals surface area contributed by atoms with Gasteiger partial charge < -0.3 is 15.4 Å². The lowest BCUT2D eigenvalue weighted by Crippen LogP contribution is -2.35. The number of methoxy groups -OCH3 is 1. The third-order valence-electron chi connectivity index (χ3n) is 4.82. The van der Waals surface area contributed by atoms with Gasteiger partial charge in [-0.3, -0.25) is 9.59 Å². The Hall–Kier alpha value is -4.27. The van der Waals surface area contributed by atoms with Crippen LogP contribution in [0.5, 0.6) is 5.75 Å². The number of rotatable bonds is 5. The summed E-state index contributed by atoms with van der Waals surface area (Å²) in [6, 6.07) is 18.5. The fourth-order valence-electron chi connectivity index (χ4n) is 3.31. The Bertz CT molecular complexity index is 1270. The maximum Gasteiger partial charge on any atom is 0.313 e. The summed E-state index contributed by atoms with van der Waals surface area (Å²) in [6.45, 7) is 1.92. The molecule has 2 N–H and O–H groups in total. The number of hydrogen-bond donors (Lipinski definition) is 2. The van der Waals surface area contributed by atoms with Crippen LogP contribution in [0, 0.1) is 6.92 Å². The number of carbonyl (C=O) groups is 2. The normalized spacial score (nSPS) is 10.6. The van der Waals surface area contributed by atoms with E-state index in [1.807, 2.05) is 36.4 Å². The molecule has 2 amide bonds. The van der Waals surface area contributed by atoms with Gasteiger partial charge in [0.25, 0.3) is 0 Å². The Morgan fingerprint density at radius 2 is 1.87 bits per heavy atom. The second-order valence-corrected chi connectivity index (χ2v) is 6.79. The number of nitrogens with one attached hydrogen (secondary N) is 2. The second kappa shape index (κ2) is 8.62. The molecule has 0 bridgehead atoms. The van der Waals surface area contributed by atoms with E-state index < -0.39 is 11.8 Å². The van der Waals surface area contributed by atoms with Gasteiger partial charge in [0, 0.05) is 17.8 Å². The highest BCUT2D eigenvalue weighted by molar-refractivity contribution is 6.39. The van der Waals surface area contributed by atoms with Crippen LogP contribution in [0.1, 0.15) is 11.4 Å². The molecule has 0 saturated carbocycles. The number of benzene rings is 3. The Kier molecular flexibility index (Phi) is 5.57. The van der Waals surface area contributed by atoms with Crippen LogP contribution in [0.4, 0.5) is 5.69 Å². The maximum absolute atomic E-state index is 12.4. The van der Waals surface area contributed by atoms with Crippen molar-refractivity contribution in [2.24, 2.45) is 0 Å². The predicted molar refractivity (Wildman–Crippen MR) is 115 cm³/mol. The zero-order valence-corrected chi connectivity index (χ0v) is 17.0. The van der Waals surface area contributed by atoms with Crippen LogP contribution in [0.3, 0.4) is 0 Å². The fraction of sp³-hybridized carbons (Fsp3) is 0.136. The fourth-order valence-corrected chi connectivity index (χ4v) is 3.31. The van der Waals surface area contributed by atoms with E-state index in [9.17, 15) is 9.59 Å². The zero-order chi connectivity index (χ0) is 21.8. The zero-order valence-electron chi connectivity index (χ0n) is 17.0. The van der Waals surface area contributed by atoms with Crippen LogP contribution in [-0.4, -0.2) is 39.1 Å². The molecule has 0 aliphatic rings. The average Bonchev–Trinajstić information content (AvgIpc) is 3.23. The van der Waals surface area contributed by atoms with Gasteiger partial charge in [0.15, 0.2) is 5.82 Å². The molecule has 0 spiro atoms. The van der Waals surface area contributed by atoms with E-state index in [0.717, 1.165) is 16.3 Å². The number of aromatic nitrogens is 4. The van der Waals surface area contributed by atoms with Crippen molar-refractivity contribution >= 4 is 28.3 Å². The quantitative estimate of drug-likeness (QED) is 0.483. The monoisotopic (exact) mass is 416 g/mol. The highest BCUT2D eigenvalue weighted by atomic mass is 16.5. The van der Waals surface area contributed by atoms with Crippen molar-refractivity contribution in [3.63, 3.8) is 0 Å². The molecular formula is C22H20N6O3. The summed E-state index contributed by atoms with van der Waals surface area (Å²) in [5, 5.41) is 18.6. The van der Waals surface area contributed by atoms with Crippen LogP contribution < -0.4 is 15.4 Å². The maximum atomic E-state index is 12.4. The number of hydrogen-bond acceptors (Lipinski definition) is 6. The third kappa shape index (κ3) is 4.20. The van der Waals surface area contributed by atoms with Crippen molar-refractivity contribution in [1.29, 1.82) is 0 Å². The number of tetrazole rings is 1. The molecular weight excluding hydrogens is 396 g/mol. The summed E-state index contributed by atoms with van der Waals surface area (Å²) in [5.41, 5.74) is 1.93. The Labute approximate surface area is 178 Å². The molecule has 0 saturated heterocycles. The molecule has 3 aromatic carbocycles. The lowest BCUT2D eigenvalue weighted by molar-refractivity contribution is -0.136. The summed E-state index contributed by atoms with van der Waals surface area (Å²) in [7, 11) is 1.57. The van der Waals surface area contributed by atoms with E-state index in [1.54, 1.807) is 38.3 Å². The summed E-state index contributed by atoms with van der Waals surface area (Å²) in [5.74, 6) is -0.280. The van der Waals surface area contributed by atoms with E-state index in [2.05, 4.69) is 26.2 Å². The Balaban J connectivity index is 1.46. The van der Waals surface area contributed by atoms with Crippen molar-refractivity contribution in [3.8, 4) is 11.4 Å². The molecule has 0 aliphatic heterocycles. The Morgan fingerprint density at radius 3 is 2.65 bits per heavy atom. The molecule has 9 heteroatoms. The van der Waals surface area contributed by atoms with Crippen LogP contribution in [0.15, 0.2) is 60.7 Å². The van der Waals surface area contributed by atoms with Gasteiger partial charge in [-0.05, 0) is 52.4 Å². The van der Waals surface area contributed by atoms with Gasteiger partial charge >= 0.3 is 11.8 Å². The van der Waals surface area contributed by atoms with E-state index in [0.29, 0.717) is 22.9 Å². The first kappa shape index (κ1) is 20.0. The molecule has 4 rings (SSSR count). The summed E-state index contributed by atoms with van der Waals surface area (Å²) in [6.07, 6.45) is 0. The van der Waals surface area contributed by atoms with Crippen molar-refractivity contribution < 1.29 is 14.3 Å². The lowest BCUT2D eigenvalue weighted by Gasteiger charge is -2.13. The number of nitrogens with zero attached hydrogens (tertiary/aromatic N) is 4. The number of aryl methyl sites for hydroxylation is 1. The van der Waals surface area contributed by atoms with E-state index in [-0.39, 0.29) is 6.54 Å². The first-order valence-electron chi connectivity index (χ1n) is 9.56. The number of carbonyl (C=O) groups excluding carboxylic acids is 2. The van der Waals surface area contributed by atoms with Crippen molar-refractivity contribution in [1.82, 2.24) is 25.5 Å². The molecule has 1 heterocycles. The SMILES string of the molecule is COc1ccc2ccccc2c1CNC(=O)C(=O)Nc1cccc(-n2nnnc2C)c1. The predicted octanol–water partition coefficient (Wildman–Crippen LogP) is 2.39. The topological polar surface area (TPSA) is 111 Å². The van der Waals surface area contributed by atoms with E-state index >= 15 is 0 Å². The molecule has 4 aromatic rings. The first-order chi connectivity index (χ1) is 15.1. The minimum absolute atomic E-state index is 0.153. The van der Waals surface area contributed by atoms with Gasteiger partial charge in [-0.2, -0.15) is 4.68 Å². The molecule has 1 aromatic heterocycles. The van der Waals surface area contributed by atoms with Crippen LogP contribution >= 0.6 is 0 Å². The van der Waals surface area contributed by atoms with Crippen LogP contribution in [-0.2, 0) is 16.1 Å². The van der Waals surface area contributed by atoms with Crippen LogP contribution in [0.2, 0.25) is 0 Å². The number of ether oxygens (including phenoxy) is 1. The number of anilines is 1. The van der Waals surface area contributed by atoms with Gasteiger partial charge in [-0.1, -0.05) is 36.4 Å². The van der Waals surface area contributed by atoms with E-state index in [4.69, 9.17) is 4.74 Å². The number of amides is 2. The van der Waals surface area contributed by atoms with Gasteiger partial charge in [-0.25, -0.2) is 0 Å². The van der Waals surface area contributed by atoms with Gasteiger partial charge in [0.1, 0.15) is 5.75 Å². The highest BCUT2D eigenvalue weighted by Crippen LogP contribution is 2.27. The molecule has 0 radical (unpaired) electrons. The Morgan fingerprint density at radius 1 is 1.03 bits per heavy atom. The number of fused-ring (bicyclic) bond motifs is 1. The van der Waals surface area contributed by atoms with Gasteiger partial charge in [0.2, 0.25) is 0 Å².